The SMILES string of the molecule is Cc1ccc2c(c1)CC[C@@H](c1ccccc1)C(=O)N2. The van der Waals surface area contributed by atoms with E-state index in [2.05, 4.69) is 18.3 Å². The zero-order valence-corrected chi connectivity index (χ0v) is 11.0. The number of rotatable bonds is 1. The van der Waals surface area contributed by atoms with E-state index in [9.17, 15) is 4.79 Å². The second-order valence-electron chi connectivity index (χ2n) is 5.15. The molecule has 1 N–H and O–H groups in total. The molecule has 1 heterocycles. The van der Waals surface area contributed by atoms with Crippen molar-refractivity contribution in [2.24, 2.45) is 0 Å². The number of carbonyl (C=O) groups is 1. The quantitative estimate of drug-likeness (QED) is 0.823. The fraction of sp³-hybridized carbons (Fsp3) is 0.235. The molecule has 19 heavy (non-hydrogen) atoms. The van der Waals surface area contributed by atoms with Gasteiger partial charge < -0.3 is 5.32 Å². The molecule has 2 heteroatoms. The second kappa shape index (κ2) is 4.88. The van der Waals surface area contributed by atoms with Crippen molar-refractivity contribution in [3.05, 3.63) is 65.2 Å². The standard InChI is InChI=1S/C17H17NO/c1-12-7-10-16-14(11-12)8-9-15(17(19)18-16)13-5-3-2-4-6-13/h2-7,10-11,15H,8-9H2,1H3,(H,18,19)/t15-/m0/s1. The van der Waals surface area contributed by atoms with E-state index in [1.54, 1.807) is 0 Å². The number of nitrogens with one attached hydrogen (secondary N) is 1. The highest BCUT2D eigenvalue weighted by Gasteiger charge is 2.24. The van der Waals surface area contributed by atoms with Crippen molar-refractivity contribution < 1.29 is 4.79 Å². The summed E-state index contributed by atoms with van der Waals surface area (Å²) < 4.78 is 0. The van der Waals surface area contributed by atoms with E-state index in [-0.39, 0.29) is 11.8 Å². The second-order valence-corrected chi connectivity index (χ2v) is 5.15. The molecule has 1 aliphatic rings. The first-order chi connectivity index (χ1) is 9.24. The molecule has 0 unspecified atom stereocenters. The molecule has 2 aromatic rings. The van der Waals surface area contributed by atoms with Gasteiger partial charge in [0.2, 0.25) is 5.91 Å². The minimum Gasteiger partial charge on any atom is -0.325 e. The molecule has 0 spiro atoms. The molecule has 3 rings (SSSR count). The van der Waals surface area contributed by atoms with Gasteiger partial charge in [0.1, 0.15) is 0 Å². The van der Waals surface area contributed by atoms with E-state index in [1.807, 2.05) is 42.5 Å². The minimum atomic E-state index is -0.0473. The molecular weight excluding hydrogens is 234 g/mol. The summed E-state index contributed by atoms with van der Waals surface area (Å²) >= 11 is 0. The number of hydrogen-bond donors (Lipinski definition) is 1. The van der Waals surface area contributed by atoms with Gasteiger partial charge in [0.05, 0.1) is 5.92 Å². The summed E-state index contributed by atoms with van der Waals surface area (Å²) in [5.74, 6) is 0.0581. The van der Waals surface area contributed by atoms with E-state index < -0.39 is 0 Å². The van der Waals surface area contributed by atoms with Crippen LogP contribution in [0.2, 0.25) is 0 Å². The normalized spacial score (nSPS) is 18.4. The zero-order chi connectivity index (χ0) is 13.2. The maximum absolute atomic E-state index is 12.4. The molecule has 2 aromatic carbocycles. The van der Waals surface area contributed by atoms with Crippen LogP contribution in [0.5, 0.6) is 0 Å². The number of benzene rings is 2. The number of hydrogen-bond acceptors (Lipinski definition) is 1. The van der Waals surface area contributed by atoms with Crippen molar-refractivity contribution in [2.75, 3.05) is 5.32 Å². The van der Waals surface area contributed by atoms with E-state index in [1.165, 1.54) is 11.1 Å². The largest absolute Gasteiger partial charge is 0.325 e. The molecule has 1 amide bonds. The molecular formula is C17H17NO. The zero-order valence-electron chi connectivity index (χ0n) is 11.0. The number of carbonyl (C=O) groups excluding carboxylic acids is 1. The Labute approximate surface area is 113 Å². The summed E-state index contributed by atoms with van der Waals surface area (Å²) in [7, 11) is 0. The van der Waals surface area contributed by atoms with Gasteiger partial charge in [0.25, 0.3) is 0 Å². The predicted molar refractivity (Wildman–Crippen MR) is 77.3 cm³/mol. The third-order valence-corrected chi connectivity index (χ3v) is 3.74. The first-order valence-electron chi connectivity index (χ1n) is 6.69. The summed E-state index contributed by atoms with van der Waals surface area (Å²) in [5.41, 5.74) is 4.55. The molecule has 0 bridgehead atoms. The molecule has 0 saturated carbocycles. The van der Waals surface area contributed by atoms with Gasteiger partial charge in [0, 0.05) is 5.69 Å². The van der Waals surface area contributed by atoms with Crippen molar-refractivity contribution >= 4 is 11.6 Å². The van der Waals surface area contributed by atoms with E-state index in [0.29, 0.717) is 0 Å². The molecule has 1 atom stereocenters. The summed E-state index contributed by atoms with van der Waals surface area (Å²) in [6.45, 7) is 2.08. The Morgan fingerprint density at radius 1 is 1.11 bits per heavy atom. The van der Waals surface area contributed by atoms with Gasteiger partial charge in [-0.1, -0.05) is 48.0 Å². The van der Waals surface area contributed by atoms with Crippen LogP contribution in [0.1, 0.15) is 29.0 Å². The van der Waals surface area contributed by atoms with Gasteiger partial charge in [-0.05, 0) is 37.0 Å². The van der Waals surface area contributed by atoms with E-state index in [4.69, 9.17) is 0 Å². The Hall–Kier alpha value is -2.09. The van der Waals surface area contributed by atoms with Gasteiger partial charge in [0.15, 0.2) is 0 Å². The summed E-state index contributed by atoms with van der Waals surface area (Å²) in [6.07, 6.45) is 1.81. The number of amides is 1. The molecule has 0 fully saturated rings. The van der Waals surface area contributed by atoms with Gasteiger partial charge in [-0.2, -0.15) is 0 Å². The first-order valence-corrected chi connectivity index (χ1v) is 6.69. The average Bonchev–Trinajstić information content (AvgIpc) is 2.58. The van der Waals surface area contributed by atoms with Gasteiger partial charge in [-0.15, -0.1) is 0 Å². The Morgan fingerprint density at radius 2 is 1.89 bits per heavy atom. The molecule has 0 saturated heterocycles. The van der Waals surface area contributed by atoms with Crippen LogP contribution >= 0.6 is 0 Å². The Kier molecular flexibility index (Phi) is 3.08. The van der Waals surface area contributed by atoms with Crippen LogP contribution in [0, 0.1) is 6.92 Å². The Balaban J connectivity index is 1.92. The van der Waals surface area contributed by atoms with Crippen LogP contribution in [0.25, 0.3) is 0 Å². The molecule has 2 nitrogen and oxygen atoms in total. The first kappa shape index (κ1) is 12.0. The third kappa shape index (κ3) is 2.39. The van der Waals surface area contributed by atoms with Gasteiger partial charge in [-0.3, -0.25) is 4.79 Å². The van der Waals surface area contributed by atoms with Crippen molar-refractivity contribution in [1.82, 2.24) is 0 Å². The molecule has 96 valence electrons. The molecule has 0 aromatic heterocycles. The van der Waals surface area contributed by atoms with Crippen molar-refractivity contribution in [2.45, 2.75) is 25.7 Å². The van der Waals surface area contributed by atoms with Crippen LogP contribution in [-0.4, -0.2) is 5.91 Å². The fourth-order valence-corrected chi connectivity index (χ4v) is 2.71. The Bertz CT molecular complexity index is 604. The highest BCUT2D eigenvalue weighted by molar-refractivity contribution is 5.97. The summed E-state index contributed by atoms with van der Waals surface area (Å²) in [4.78, 5) is 12.4. The number of aryl methyl sites for hydroxylation is 2. The Morgan fingerprint density at radius 3 is 2.68 bits per heavy atom. The van der Waals surface area contributed by atoms with Crippen LogP contribution in [0.4, 0.5) is 5.69 Å². The van der Waals surface area contributed by atoms with Crippen LogP contribution in [-0.2, 0) is 11.2 Å². The smallest absolute Gasteiger partial charge is 0.231 e. The third-order valence-electron chi connectivity index (χ3n) is 3.74. The fourth-order valence-electron chi connectivity index (χ4n) is 2.71. The topological polar surface area (TPSA) is 29.1 Å². The highest BCUT2D eigenvalue weighted by atomic mass is 16.1. The predicted octanol–water partition coefficient (Wildman–Crippen LogP) is 3.66. The van der Waals surface area contributed by atoms with Crippen molar-refractivity contribution in [3.8, 4) is 0 Å². The maximum Gasteiger partial charge on any atom is 0.231 e. The monoisotopic (exact) mass is 251 g/mol. The molecule has 0 aliphatic carbocycles. The lowest BCUT2D eigenvalue weighted by Gasteiger charge is -2.13. The van der Waals surface area contributed by atoms with Crippen LogP contribution in [0.15, 0.2) is 48.5 Å². The van der Waals surface area contributed by atoms with Gasteiger partial charge >= 0.3 is 0 Å². The van der Waals surface area contributed by atoms with Crippen LogP contribution < -0.4 is 5.32 Å². The van der Waals surface area contributed by atoms with E-state index >= 15 is 0 Å². The number of fused-ring (bicyclic) bond motifs is 1. The number of anilines is 1. The van der Waals surface area contributed by atoms with Crippen LogP contribution in [0.3, 0.4) is 0 Å². The van der Waals surface area contributed by atoms with Crippen molar-refractivity contribution in [3.63, 3.8) is 0 Å². The highest BCUT2D eigenvalue weighted by Crippen LogP contribution is 2.30. The lowest BCUT2D eigenvalue weighted by molar-refractivity contribution is -0.117. The summed E-state index contributed by atoms with van der Waals surface area (Å²) in [6, 6.07) is 16.3. The molecule has 0 radical (unpaired) electrons. The lowest BCUT2D eigenvalue weighted by atomic mass is 9.93. The van der Waals surface area contributed by atoms with Gasteiger partial charge in [-0.25, -0.2) is 0 Å². The average molecular weight is 251 g/mol. The maximum atomic E-state index is 12.4. The summed E-state index contributed by atoms with van der Waals surface area (Å²) in [5, 5.41) is 3.06. The van der Waals surface area contributed by atoms with Crippen molar-refractivity contribution in [1.29, 1.82) is 0 Å². The molecule has 1 aliphatic heterocycles. The minimum absolute atomic E-state index is 0.0473. The lowest BCUT2D eigenvalue weighted by Crippen LogP contribution is -2.19. The van der Waals surface area contributed by atoms with E-state index in [0.717, 1.165) is 24.1 Å².